The van der Waals surface area contributed by atoms with Gasteiger partial charge in [0.1, 0.15) is 10.7 Å². The fourth-order valence-electron chi connectivity index (χ4n) is 2.04. The van der Waals surface area contributed by atoms with Gasteiger partial charge in [0.05, 0.1) is 5.69 Å². The minimum Gasteiger partial charge on any atom is -0.292 e. The lowest BCUT2D eigenvalue weighted by Crippen LogP contribution is -2.08. The van der Waals surface area contributed by atoms with Crippen molar-refractivity contribution in [1.82, 2.24) is 9.97 Å². The molecule has 2 aromatic rings. The molecule has 0 radical (unpaired) electrons. The van der Waals surface area contributed by atoms with Gasteiger partial charge in [0, 0.05) is 17.0 Å². The standard InChI is InChI=1S/C13H12N2OS/c1-8-4-2-5-9(14-8)13-15-12-10(16)6-3-7-11(12)17-13/h2,4-5H,3,6-7H2,1H3. The molecule has 0 aliphatic heterocycles. The third-order valence-corrected chi connectivity index (χ3v) is 4.01. The van der Waals surface area contributed by atoms with Crippen molar-refractivity contribution in [1.29, 1.82) is 0 Å². The van der Waals surface area contributed by atoms with Gasteiger partial charge in [0.25, 0.3) is 0 Å². The van der Waals surface area contributed by atoms with E-state index in [0.29, 0.717) is 12.1 Å². The molecule has 0 amide bonds. The van der Waals surface area contributed by atoms with Crippen LogP contribution in [-0.2, 0) is 6.42 Å². The molecule has 3 rings (SSSR count). The molecular formula is C13H12N2OS. The van der Waals surface area contributed by atoms with Gasteiger partial charge < -0.3 is 0 Å². The Hall–Kier alpha value is -1.55. The Morgan fingerprint density at radius 3 is 2.88 bits per heavy atom. The van der Waals surface area contributed by atoms with Crippen molar-refractivity contribution in [2.45, 2.75) is 26.2 Å². The molecule has 0 bridgehead atoms. The number of carbonyl (C=O) groups excluding carboxylic acids is 1. The Morgan fingerprint density at radius 1 is 1.24 bits per heavy atom. The number of nitrogens with zero attached hydrogens (tertiary/aromatic N) is 2. The highest BCUT2D eigenvalue weighted by atomic mass is 32.1. The normalized spacial score (nSPS) is 14.8. The predicted molar refractivity (Wildman–Crippen MR) is 67.4 cm³/mol. The van der Waals surface area contributed by atoms with Gasteiger partial charge in [0.15, 0.2) is 5.78 Å². The van der Waals surface area contributed by atoms with Gasteiger partial charge in [-0.15, -0.1) is 11.3 Å². The van der Waals surface area contributed by atoms with Crippen molar-refractivity contribution in [3.8, 4) is 10.7 Å². The van der Waals surface area contributed by atoms with E-state index in [-0.39, 0.29) is 5.78 Å². The summed E-state index contributed by atoms with van der Waals surface area (Å²) >= 11 is 1.61. The molecule has 3 nitrogen and oxygen atoms in total. The second-order valence-electron chi connectivity index (χ2n) is 4.23. The molecule has 0 unspecified atom stereocenters. The second kappa shape index (κ2) is 4.04. The summed E-state index contributed by atoms with van der Waals surface area (Å²) in [5.41, 5.74) is 2.53. The van der Waals surface area contributed by atoms with Crippen LogP contribution < -0.4 is 0 Å². The number of hydrogen-bond acceptors (Lipinski definition) is 4. The molecule has 0 fully saturated rings. The molecule has 1 aliphatic rings. The summed E-state index contributed by atoms with van der Waals surface area (Å²) in [6.07, 6.45) is 2.57. The van der Waals surface area contributed by atoms with E-state index >= 15 is 0 Å². The van der Waals surface area contributed by atoms with Gasteiger partial charge in [0.2, 0.25) is 0 Å². The van der Waals surface area contributed by atoms with Crippen LogP contribution in [0.15, 0.2) is 18.2 Å². The van der Waals surface area contributed by atoms with Crippen LogP contribution in [-0.4, -0.2) is 15.8 Å². The zero-order valence-electron chi connectivity index (χ0n) is 9.56. The van der Waals surface area contributed by atoms with E-state index in [2.05, 4.69) is 9.97 Å². The Morgan fingerprint density at radius 2 is 2.12 bits per heavy atom. The molecule has 4 heteroatoms. The average molecular weight is 244 g/mol. The SMILES string of the molecule is Cc1cccc(-c2nc3c(s2)CCCC3=O)n1. The molecule has 2 aromatic heterocycles. The second-order valence-corrected chi connectivity index (χ2v) is 5.32. The highest BCUT2D eigenvalue weighted by Gasteiger charge is 2.22. The molecule has 0 saturated carbocycles. The number of aryl methyl sites for hydroxylation is 2. The Balaban J connectivity index is 2.08. The van der Waals surface area contributed by atoms with E-state index in [9.17, 15) is 4.79 Å². The van der Waals surface area contributed by atoms with E-state index in [0.717, 1.165) is 34.1 Å². The Kier molecular flexibility index (Phi) is 2.52. The summed E-state index contributed by atoms with van der Waals surface area (Å²) in [5, 5.41) is 0.869. The lowest BCUT2D eigenvalue weighted by molar-refractivity contribution is 0.0968. The molecule has 0 aromatic carbocycles. The van der Waals surface area contributed by atoms with Crippen molar-refractivity contribution >= 4 is 17.1 Å². The average Bonchev–Trinajstić information content (AvgIpc) is 2.74. The number of pyridine rings is 1. The van der Waals surface area contributed by atoms with Crippen molar-refractivity contribution in [3.63, 3.8) is 0 Å². The van der Waals surface area contributed by atoms with Gasteiger partial charge in [-0.05, 0) is 31.9 Å². The van der Waals surface area contributed by atoms with Gasteiger partial charge in [-0.2, -0.15) is 0 Å². The third-order valence-electron chi connectivity index (χ3n) is 2.88. The zero-order valence-corrected chi connectivity index (χ0v) is 10.4. The van der Waals surface area contributed by atoms with Crippen molar-refractivity contribution in [2.75, 3.05) is 0 Å². The zero-order chi connectivity index (χ0) is 11.8. The number of ketones is 1. The number of aromatic nitrogens is 2. The van der Waals surface area contributed by atoms with Gasteiger partial charge >= 0.3 is 0 Å². The predicted octanol–water partition coefficient (Wildman–Crippen LogP) is 3.03. The lowest BCUT2D eigenvalue weighted by atomic mass is 10.0. The number of hydrogen-bond donors (Lipinski definition) is 0. The fraction of sp³-hybridized carbons (Fsp3) is 0.308. The van der Waals surface area contributed by atoms with Crippen LogP contribution in [0.4, 0.5) is 0 Å². The first kappa shape index (κ1) is 10.6. The molecule has 2 heterocycles. The minimum absolute atomic E-state index is 0.182. The number of thiazole rings is 1. The maximum Gasteiger partial charge on any atom is 0.182 e. The number of carbonyl (C=O) groups is 1. The molecule has 0 N–H and O–H groups in total. The van der Waals surface area contributed by atoms with Crippen molar-refractivity contribution < 1.29 is 4.79 Å². The largest absolute Gasteiger partial charge is 0.292 e. The van der Waals surface area contributed by atoms with Crippen molar-refractivity contribution in [2.24, 2.45) is 0 Å². The molecule has 1 aliphatic carbocycles. The van der Waals surface area contributed by atoms with Crippen LogP contribution in [0.5, 0.6) is 0 Å². The highest BCUT2D eigenvalue weighted by molar-refractivity contribution is 7.15. The monoisotopic (exact) mass is 244 g/mol. The highest BCUT2D eigenvalue weighted by Crippen LogP contribution is 2.31. The van der Waals surface area contributed by atoms with E-state index < -0.39 is 0 Å². The van der Waals surface area contributed by atoms with E-state index in [1.807, 2.05) is 25.1 Å². The topological polar surface area (TPSA) is 42.9 Å². The lowest BCUT2D eigenvalue weighted by Gasteiger charge is -2.06. The van der Waals surface area contributed by atoms with E-state index in [1.165, 1.54) is 0 Å². The molecular weight excluding hydrogens is 232 g/mol. The molecule has 86 valence electrons. The first-order chi connectivity index (χ1) is 8.24. The Bertz CT molecular complexity index is 589. The minimum atomic E-state index is 0.182. The smallest absolute Gasteiger partial charge is 0.182 e. The van der Waals surface area contributed by atoms with Gasteiger partial charge in [-0.1, -0.05) is 6.07 Å². The number of Topliss-reactive ketones (excluding diaryl/α,β-unsaturated/α-hetero) is 1. The quantitative estimate of drug-likeness (QED) is 0.774. The van der Waals surface area contributed by atoms with Crippen LogP contribution in [0, 0.1) is 6.92 Å². The summed E-state index contributed by atoms with van der Waals surface area (Å²) in [6, 6.07) is 5.88. The first-order valence-electron chi connectivity index (χ1n) is 5.71. The summed E-state index contributed by atoms with van der Waals surface area (Å²) in [7, 11) is 0. The Labute approximate surface area is 104 Å². The van der Waals surface area contributed by atoms with Crippen LogP contribution in [0.2, 0.25) is 0 Å². The molecule has 17 heavy (non-hydrogen) atoms. The van der Waals surface area contributed by atoms with Gasteiger partial charge in [-0.3, -0.25) is 9.78 Å². The van der Waals surface area contributed by atoms with Gasteiger partial charge in [-0.25, -0.2) is 4.98 Å². The van der Waals surface area contributed by atoms with E-state index in [1.54, 1.807) is 11.3 Å². The summed E-state index contributed by atoms with van der Waals surface area (Å²) in [4.78, 5) is 21.7. The maximum atomic E-state index is 11.7. The fourth-order valence-corrected chi connectivity index (χ4v) is 3.13. The van der Waals surface area contributed by atoms with Crippen LogP contribution in [0.1, 0.15) is 33.9 Å². The molecule has 0 spiro atoms. The molecule has 0 saturated heterocycles. The number of fused-ring (bicyclic) bond motifs is 1. The van der Waals surface area contributed by atoms with Crippen LogP contribution in [0.25, 0.3) is 10.7 Å². The summed E-state index contributed by atoms with van der Waals surface area (Å²) in [6.45, 7) is 1.96. The first-order valence-corrected chi connectivity index (χ1v) is 6.52. The number of rotatable bonds is 1. The molecule has 0 atom stereocenters. The summed E-state index contributed by atoms with van der Waals surface area (Å²) < 4.78 is 0. The van der Waals surface area contributed by atoms with Crippen LogP contribution >= 0.6 is 11.3 Å². The summed E-state index contributed by atoms with van der Waals surface area (Å²) in [5.74, 6) is 0.182. The van der Waals surface area contributed by atoms with E-state index in [4.69, 9.17) is 0 Å². The maximum absolute atomic E-state index is 11.7. The van der Waals surface area contributed by atoms with Crippen molar-refractivity contribution in [3.05, 3.63) is 34.5 Å². The van der Waals surface area contributed by atoms with Crippen LogP contribution in [0.3, 0.4) is 0 Å². The third kappa shape index (κ3) is 1.89.